The molecule has 4 rings (SSSR count). The van der Waals surface area contributed by atoms with E-state index in [1.165, 1.54) is 6.20 Å². The highest BCUT2D eigenvalue weighted by Gasteiger charge is 2.33. The Labute approximate surface area is 164 Å². The van der Waals surface area contributed by atoms with Gasteiger partial charge in [-0.2, -0.15) is 5.01 Å². The van der Waals surface area contributed by atoms with Crippen LogP contribution >= 0.6 is 24.0 Å². The fourth-order valence-corrected chi connectivity index (χ4v) is 3.74. The number of hydrogen-bond donors (Lipinski definition) is 1. The van der Waals surface area contributed by atoms with Crippen molar-refractivity contribution in [3.8, 4) is 0 Å². The van der Waals surface area contributed by atoms with Gasteiger partial charge in [0.05, 0.1) is 16.0 Å². The first kappa shape index (κ1) is 17.3. The molecule has 1 N–H and O–H groups in total. The number of aromatic nitrogens is 2. The molecule has 132 valence electrons. The highest BCUT2D eigenvalue weighted by molar-refractivity contribution is 8.26. The lowest BCUT2D eigenvalue weighted by molar-refractivity contribution is -0.123. The number of thiocarbonyl (C=S) groups is 1. The smallest absolute Gasteiger partial charge is 0.267 e. The lowest BCUT2D eigenvalue weighted by Crippen LogP contribution is -2.44. The van der Waals surface area contributed by atoms with E-state index in [0.717, 1.165) is 33.2 Å². The Hall–Kier alpha value is -3.10. The predicted molar refractivity (Wildman–Crippen MR) is 108 cm³/mol. The summed E-state index contributed by atoms with van der Waals surface area (Å²) < 4.78 is 0.269. The Bertz CT molecular complexity index is 1100. The second-order valence-electron chi connectivity index (χ2n) is 5.66. The van der Waals surface area contributed by atoms with Crippen molar-refractivity contribution in [2.75, 3.05) is 0 Å². The van der Waals surface area contributed by atoms with Crippen molar-refractivity contribution in [1.82, 2.24) is 20.4 Å². The lowest BCUT2D eigenvalue weighted by Gasteiger charge is -2.15. The van der Waals surface area contributed by atoms with Crippen LogP contribution in [0.25, 0.3) is 17.0 Å². The maximum absolute atomic E-state index is 12.7. The van der Waals surface area contributed by atoms with E-state index >= 15 is 0 Å². The fourth-order valence-electron chi connectivity index (χ4n) is 2.56. The summed E-state index contributed by atoms with van der Waals surface area (Å²) in [6.07, 6.45) is 6.48. The number of hydrogen-bond acceptors (Lipinski definition) is 6. The molecule has 0 unspecified atom stereocenters. The number of amides is 2. The molecule has 0 bridgehead atoms. The zero-order valence-corrected chi connectivity index (χ0v) is 15.5. The van der Waals surface area contributed by atoms with Gasteiger partial charge in [-0.1, -0.05) is 23.9 Å². The van der Waals surface area contributed by atoms with Crippen molar-refractivity contribution in [2.24, 2.45) is 0 Å². The molecule has 3 heterocycles. The number of thioether (sulfide) groups is 1. The molecule has 1 fully saturated rings. The Morgan fingerprint density at radius 3 is 2.85 bits per heavy atom. The molecule has 0 saturated carbocycles. The number of nitrogens with one attached hydrogen (secondary N) is 1. The van der Waals surface area contributed by atoms with E-state index < -0.39 is 5.91 Å². The van der Waals surface area contributed by atoms with Gasteiger partial charge in [0.25, 0.3) is 11.8 Å². The summed E-state index contributed by atoms with van der Waals surface area (Å²) in [4.78, 5) is 33.5. The van der Waals surface area contributed by atoms with Crippen LogP contribution in [0.5, 0.6) is 0 Å². The van der Waals surface area contributed by atoms with Crippen LogP contribution in [0.2, 0.25) is 0 Å². The second-order valence-corrected chi connectivity index (χ2v) is 7.33. The molecule has 1 aromatic carbocycles. The van der Waals surface area contributed by atoms with E-state index in [1.54, 1.807) is 30.6 Å². The number of carbonyl (C=O) groups is 2. The summed E-state index contributed by atoms with van der Waals surface area (Å²) in [5.41, 5.74) is 4.61. The Kier molecular flexibility index (Phi) is 4.66. The molecule has 2 amide bonds. The third-order valence-electron chi connectivity index (χ3n) is 3.86. The number of nitrogens with zero attached hydrogens (tertiary/aromatic N) is 3. The third-order valence-corrected chi connectivity index (χ3v) is 5.16. The van der Waals surface area contributed by atoms with Gasteiger partial charge in [-0.25, -0.2) is 0 Å². The quantitative estimate of drug-likeness (QED) is 0.545. The predicted octanol–water partition coefficient (Wildman–Crippen LogP) is 3.18. The number of fused-ring (bicyclic) bond motifs is 1. The Balaban J connectivity index is 1.56. The van der Waals surface area contributed by atoms with Crippen molar-refractivity contribution in [1.29, 1.82) is 0 Å². The van der Waals surface area contributed by atoms with Crippen LogP contribution in [0.1, 0.15) is 15.9 Å². The zero-order chi connectivity index (χ0) is 18.8. The zero-order valence-electron chi connectivity index (χ0n) is 13.8. The summed E-state index contributed by atoms with van der Waals surface area (Å²) in [5.74, 6) is -0.814. The first-order valence-corrected chi connectivity index (χ1v) is 9.18. The van der Waals surface area contributed by atoms with Crippen LogP contribution in [0.3, 0.4) is 0 Å². The summed E-state index contributed by atoms with van der Waals surface area (Å²) >= 11 is 6.39. The van der Waals surface area contributed by atoms with Crippen molar-refractivity contribution >= 4 is 57.1 Å². The maximum atomic E-state index is 12.7. The summed E-state index contributed by atoms with van der Waals surface area (Å²) in [6, 6.07) is 12.8. The van der Waals surface area contributed by atoms with Crippen LogP contribution in [-0.4, -0.2) is 31.1 Å². The minimum atomic E-state index is -0.447. The van der Waals surface area contributed by atoms with E-state index in [-0.39, 0.29) is 10.2 Å². The molecular formula is C19H12N4O2S2. The molecule has 0 aliphatic carbocycles. The molecule has 0 spiro atoms. The van der Waals surface area contributed by atoms with Gasteiger partial charge in [-0.15, -0.1) is 0 Å². The average molecular weight is 392 g/mol. The lowest BCUT2D eigenvalue weighted by atomic mass is 10.1. The molecule has 1 aliphatic heterocycles. The highest BCUT2D eigenvalue weighted by Crippen LogP contribution is 2.31. The number of rotatable bonds is 3. The minimum absolute atomic E-state index is 0.269. The number of hydrazine groups is 1. The SMILES string of the molecule is O=C(NN1C(=O)/C(=C/c2ccc3ncccc3c2)SC1=S)c1cccnc1. The molecule has 2 aromatic heterocycles. The number of pyridine rings is 2. The molecule has 8 heteroatoms. The number of benzene rings is 1. The monoisotopic (exact) mass is 392 g/mol. The molecular weight excluding hydrogens is 380 g/mol. The Morgan fingerprint density at radius 2 is 2.04 bits per heavy atom. The third kappa shape index (κ3) is 3.57. The van der Waals surface area contributed by atoms with Gasteiger partial charge < -0.3 is 0 Å². The van der Waals surface area contributed by atoms with Gasteiger partial charge in [0.2, 0.25) is 0 Å². The normalized spacial score (nSPS) is 15.6. The number of carbonyl (C=O) groups excluding carboxylic acids is 2. The van der Waals surface area contributed by atoms with Gasteiger partial charge in [-0.3, -0.25) is 25.0 Å². The average Bonchev–Trinajstić information content (AvgIpc) is 2.96. The van der Waals surface area contributed by atoms with E-state index in [2.05, 4.69) is 15.4 Å². The maximum Gasteiger partial charge on any atom is 0.285 e. The van der Waals surface area contributed by atoms with Crippen LogP contribution < -0.4 is 5.43 Å². The van der Waals surface area contributed by atoms with Crippen LogP contribution in [0.15, 0.2) is 66.0 Å². The van der Waals surface area contributed by atoms with E-state index in [1.807, 2.05) is 30.3 Å². The Morgan fingerprint density at radius 1 is 1.19 bits per heavy atom. The first-order valence-electron chi connectivity index (χ1n) is 7.95. The molecule has 1 aliphatic rings. The van der Waals surface area contributed by atoms with Crippen LogP contribution in [-0.2, 0) is 4.79 Å². The van der Waals surface area contributed by atoms with Crippen molar-refractivity contribution < 1.29 is 9.59 Å². The van der Waals surface area contributed by atoms with Gasteiger partial charge in [-0.05, 0) is 54.2 Å². The van der Waals surface area contributed by atoms with E-state index in [4.69, 9.17) is 12.2 Å². The molecule has 0 radical (unpaired) electrons. The minimum Gasteiger partial charge on any atom is -0.267 e. The molecule has 1 saturated heterocycles. The summed E-state index contributed by atoms with van der Waals surface area (Å²) in [7, 11) is 0. The van der Waals surface area contributed by atoms with Gasteiger partial charge in [0, 0.05) is 24.0 Å². The van der Waals surface area contributed by atoms with E-state index in [9.17, 15) is 9.59 Å². The van der Waals surface area contributed by atoms with Gasteiger partial charge in [0.1, 0.15) is 0 Å². The standard InChI is InChI=1S/C19H12N4O2S2/c24-17(14-4-1-7-20-11-14)22-23-18(25)16(27-19(23)26)10-12-5-6-15-13(9-12)3-2-8-21-15/h1-11H,(H,22,24)/b16-10-. The second kappa shape index (κ2) is 7.26. The van der Waals surface area contributed by atoms with Gasteiger partial charge in [0.15, 0.2) is 4.32 Å². The molecule has 6 nitrogen and oxygen atoms in total. The fraction of sp³-hybridized carbons (Fsp3) is 0. The summed E-state index contributed by atoms with van der Waals surface area (Å²) in [5, 5.41) is 2.07. The first-order chi connectivity index (χ1) is 13.1. The van der Waals surface area contributed by atoms with Crippen molar-refractivity contribution in [2.45, 2.75) is 0 Å². The largest absolute Gasteiger partial charge is 0.285 e. The topological polar surface area (TPSA) is 75.2 Å². The van der Waals surface area contributed by atoms with Crippen LogP contribution in [0.4, 0.5) is 0 Å². The molecule has 3 aromatic rings. The van der Waals surface area contributed by atoms with Crippen LogP contribution in [0, 0.1) is 0 Å². The van der Waals surface area contributed by atoms with Crippen molar-refractivity contribution in [3.63, 3.8) is 0 Å². The summed E-state index contributed by atoms with van der Waals surface area (Å²) in [6.45, 7) is 0. The van der Waals surface area contributed by atoms with Gasteiger partial charge >= 0.3 is 0 Å². The molecule has 0 atom stereocenters. The molecule has 27 heavy (non-hydrogen) atoms. The van der Waals surface area contributed by atoms with E-state index in [0.29, 0.717) is 10.5 Å². The highest BCUT2D eigenvalue weighted by atomic mass is 32.2. The van der Waals surface area contributed by atoms with Crippen molar-refractivity contribution in [3.05, 3.63) is 77.1 Å².